The van der Waals surface area contributed by atoms with Crippen LogP contribution in [0.5, 0.6) is 0 Å². The highest BCUT2D eigenvalue weighted by Gasteiger charge is 2.29. The summed E-state index contributed by atoms with van der Waals surface area (Å²) in [6, 6.07) is 14.5. The van der Waals surface area contributed by atoms with Gasteiger partial charge in [0.2, 0.25) is 0 Å². The summed E-state index contributed by atoms with van der Waals surface area (Å²) < 4.78 is 41.7. The number of benzene rings is 2. The average molecular weight is 356 g/mol. The van der Waals surface area contributed by atoms with Crippen LogP contribution in [0.15, 0.2) is 59.5 Å². The summed E-state index contributed by atoms with van der Waals surface area (Å²) in [5, 5.41) is 9.85. The molecule has 0 fully saturated rings. The molecule has 0 saturated heterocycles. The van der Waals surface area contributed by atoms with Crippen molar-refractivity contribution in [1.29, 1.82) is 0 Å². The van der Waals surface area contributed by atoms with Crippen molar-refractivity contribution < 1.29 is 27.8 Å². The lowest BCUT2D eigenvalue weighted by molar-refractivity contribution is -0.154. The standard InChI is InChI=1S/C17H15F3O3S/c18-17(19,20)24-14-8-6-12(7-9-14)10-15(21)16(22)23-11-13-4-2-1-3-5-13/h1-9,15,21H,10-11H2/t15-/m0/s1. The first-order chi connectivity index (χ1) is 11.3. The second-order valence-electron chi connectivity index (χ2n) is 5.00. The first-order valence-corrected chi connectivity index (χ1v) is 7.88. The van der Waals surface area contributed by atoms with E-state index in [9.17, 15) is 23.1 Å². The Labute approximate surface area is 141 Å². The van der Waals surface area contributed by atoms with Crippen molar-refractivity contribution in [3.63, 3.8) is 0 Å². The number of alkyl halides is 3. The van der Waals surface area contributed by atoms with Crippen LogP contribution in [0.25, 0.3) is 0 Å². The Hall–Kier alpha value is -1.99. The zero-order valence-corrected chi connectivity index (χ0v) is 13.3. The molecule has 2 aromatic rings. The molecule has 2 aromatic carbocycles. The highest BCUT2D eigenvalue weighted by atomic mass is 32.2. The number of carbonyl (C=O) groups excluding carboxylic acids is 1. The molecule has 0 aromatic heterocycles. The number of rotatable bonds is 6. The molecule has 24 heavy (non-hydrogen) atoms. The van der Waals surface area contributed by atoms with Crippen molar-refractivity contribution in [2.45, 2.75) is 29.5 Å². The summed E-state index contributed by atoms with van der Waals surface area (Å²) in [7, 11) is 0. The van der Waals surface area contributed by atoms with Crippen molar-refractivity contribution in [3.8, 4) is 0 Å². The molecule has 2 rings (SSSR count). The summed E-state index contributed by atoms with van der Waals surface area (Å²) in [5.41, 5.74) is -3.00. The van der Waals surface area contributed by atoms with Crippen LogP contribution in [0.1, 0.15) is 11.1 Å². The summed E-state index contributed by atoms with van der Waals surface area (Å²) in [6.07, 6.45) is -1.39. The van der Waals surface area contributed by atoms with Gasteiger partial charge in [-0.15, -0.1) is 0 Å². The van der Waals surface area contributed by atoms with E-state index in [1.54, 1.807) is 24.3 Å². The van der Waals surface area contributed by atoms with Crippen molar-refractivity contribution in [2.24, 2.45) is 0 Å². The Morgan fingerprint density at radius 3 is 2.25 bits per heavy atom. The maximum atomic E-state index is 12.2. The third kappa shape index (κ3) is 6.25. The zero-order valence-electron chi connectivity index (χ0n) is 12.5. The Bertz CT molecular complexity index is 657. The van der Waals surface area contributed by atoms with Gasteiger partial charge >= 0.3 is 11.5 Å². The van der Waals surface area contributed by atoms with Gasteiger partial charge in [-0.2, -0.15) is 13.2 Å². The van der Waals surface area contributed by atoms with E-state index in [1.807, 2.05) is 6.07 Å². The van der Waals surface area contributed by atoms with Crippen LogP contribution in [0, 0.1) is 0 Å². The molecule has 0 saturated carbocycles. The van der Waals surface area contributed by atoms with E-state index in [2.05, 4.69) is 0 Å². The van der Waals surface area contributed by atoms with E-state index in [-0.39, 0.29) is 29.7 Å². The molecule has 7 heteroatoms. The zero-order chi connectivity index (χ0) is 17.6. The number of ether oxygens (including phenoxy) is 1. The van der Waals surface area contributed by atoms with Crippen LogP contribution in [-0.4, -0.2) is 22.7 Å². The summed E-state index contributed by atoms with van der Waals surface area (Å²) in [5.74, 6) is -0.771. The maximum Gasteiger partial charge on any atom is 0.446 e. The molecule has 0 unspecified atom stereocenters. The van der Waals surface area contributed by atoms with Crippen LogP contribution >= 0.6 is 11.8 Å². The van der Waals surface area contributed by atoms with Gasteiger partial charge in [-0.25, -0.2) is 4.79 Å². The average Bonchev–Trinajstić information content (AvgIpc) is 2.54. The maximum absolute atomic E-state index is 12.2. The van der Waals surface area contributed by atoms with Crippen LogP contribution in [0.2, 0.25) is 0 Å². The predicted molar refractivity (Wildman–Crippen MR) is 84.3 cm³/mol. The second-order valence-corrected chi connectivity index (χ2v) is 6.14. The highest BCUT2D eigenvalue weighted by Crippen LogP contribution is 2.36. The monoisotopic (exact) mass is 356 g/mol. The molecular formula is C17H15F3O3S. The minimum Gasteiger partial charge on any atom is -0.459 e. The van der Waals surface area contributed by atoms with Crippen molar-refractivity contribution in [3.05, 3.63) is 65.7 Å². The minimum absolute atomic E-state index is 0.0232. The molecule has 0 amide bonds. The van der Waals surface area contributed by atoms with Gasteiger partial charge in [0.25, 0.3) is 0 Å². The molecule has 0 spiro atoms. The van der Waals surface area contributed by atoms with Crippen LogP contribution < -0.4 is 0 Å². The van der Waals surface area contributed by atoms with Crippen LogP contribution in [0.4, 0.5) is 13.2 Å². The molecule has 0 aliphatic carbocycles. The van der Waals surface area contributed by atoms with E-state index in [0.717, 1.165) is 5.56 Å². The summed E-state index contributed by atoms with van der Waals surface area (Å²) >= 11 is -0.214. The van der Waals surface area contributed by atoms with Gasteiger partial charge in [-0.1, -0.05) is 42.5 Å². The van der Waals surface area contributed by atoms with Gasteiger partial charge in [-0.05, 0) is 35.0 Å². The Kier molecular flexibility index (Phi) is 6.28. The lowest BCUT2D eigenvalue weighted by Crippen LogP contribution is -2.25. The normalized spacial score (nSPS) is 12.7. The smallest absolute Gasteiger partial charge is 0.446 e. The second kappa shape index (κ2) is 8.21. The first kappa shape index (κ1) is 18.4. The van der Waals surface area contributed by atoms with Crippen molar-refractivity contribution in [1.82, 2.24) is 0 Å². The predicted octanol–water partition coefficient (Wildman–Crippen LogP) is 3.95. The fourth-order valence-corrected chi connectivity index (χ4v) is 2.50. The number of aliphatic hydroxyl groups is 1. The number of esters is 1. The fraction of sp³-hybridized carbons (Fsp3) is 0.235. The summed E-state index contributed by atoms with van der Waals surface area (Å²) in [4.78, 5) is 11.8. The lowest BCUT2D eigenvalue weighted by atomic mass is 10.1. The molecule has 1 atom stereocenters. The third-order valence-electron chi connectivity index (χ3n) is 3.08. The molecule has 1 N–H and O–H groups in total. The SMILES string of the molecule is O=C(OCc1ccccc1)[C@@H](O)Cc1ccc(SC(F)(F)F)cc1. The molecule has 128 valence electrons. The van der Waals surface area contributed by atoms with Gasteiger partial charge in [-0.3, -0.25) is 0 Å². The summed E-state index contributed by atoms with van der Waals surface area (Å²) in [6.45, 7) is 0.0535. The molecule has 0 bridgehead atoms. The van der Waals surface area contributed by atoms with Crippen LogP contribution in [-0.2, 0) is 22.6 Å². The Balaban J connectivity index is 1.84. The molecule has 0 aliphatic rings. The third-order valence-corrected chi connectivity index (χ3v) is 3.82. The van der Waals surface area contributed by atoms with E-state index in [4.69, 9.17) is 4.74 Å². The first-order valence-electron chi connectivity index (χ1n) is 7.07. The van der Waals surface area contributed by atoms with Gasteiger partial charge in [0.1, 0.15) is 6.61 Å². The molecule has 3 nitrogen and oxygen atoms in total. The largest absolute Gasteiger partial charge is 0.459 e. The van der Waals surface area contributed by atoms with Crippen molar-refractivity contribution in [2.75, 3.05) is 0 Å². The number of hydrogen-bond donors (Lipinski definition) is 1. The lowest BCUT2D eigenvalue weighted by Gasteiger charge is -2.11. The number of hydrogen-bond acceptors (Lipinski definition) is 4. The molecule has 0 aliphatic heterocycles. The van der Waals surface area contributed by atoms with Gasteiger partial charge in [0.05, 0.1) is 0 Å². The topological polar surface area (TPSA) is 46.5 Å². The Morgan fingerprint density at radius 2 is 1.67 bits per heavy atom. The molecular weight excluding hydrogens is 341 g/mol. The number of aliphatic hydroxyl groups excluding tert-OH is 1. The van der Waals surface area contributed by atoms with Crippen molar-refractivity contribution >= 4 is 17.7 Å². The van der Waals surface area contributed by atoms with E-state index in [0.29, 0.717) is 5.56 Å². The highest BCUT2D eigenvalue weighted by molar-refractivity contribution is 8.00. The molecule has 0 heterocycles. The van der Waals surface area contributed by atoms with Gasteiger partial charge in [0.15, 0.2) is 6.10 Å². The quantitative estimate of drug-likeness (QED) is 0.629. The number of carbonyl (C=O) groups is 1. The van der Waals surface area contributed by atoms with Crippen LogP contribution in [0.3, 0.4) is 0 Å². The van der Waals surface area contributed by atoms with Gasteiger partial charge < -0.3 is 9.84 Å². The number of thioether (sulfide) groups is 1. The van der Waals surface area contributed by atoms with E-state index >= 15 is 0 Å². The Morgan fingerprint density at radius 1 is 1.04 bits per heavy atom. The van der Waals surface area contributed by atoms with Gasteiger partial charge in [0, 0.05) is 11.3 Å². The van der Waals surface area contributed by atoms with E-state index in [1.165, 1.54) is 24.3 Å². The minimum atomic E-state index is -4.34. The van der Waals surface area contributed by atoms with E-state index < -0.39 is 17.6 Å². The fourth-order valence-electron chi connectivity index (χ4n) is 1.96. The number of halogens is 3. The molecule has 0 radical (unpaired) electrons.